The zero-order valence-corrected chi connectivity index (χ0v) is 13.3. The van der Waals surface area contributed by atoms with Gasteiger partial charge in [0.15, 0.2) is 5.75 Å². The fourth-order valence-corrected chi connectivity index (χ4v) is 2.46. The van der Waals surface area contributed by atoms with Gasteiger partial charge < -0.3 is 9.47 Å². The van der Waals surface area contributed by atoms with Crippen LogP contribution in [0, 0.1) is 18.3 Å². The summed E-state index contributed by atoms with van der Waals surface area (Å²) in [7, 11) is 0. The van der Waals surface area contributed by atoms with E-state index in [9.17, 15) is 10.1 Å². The maximum Gasteiger partial charge on any atom is 0.340 e. The van der Waals surface area contributed by atoms with Crippen LogP contribution in [0.15, 0.2) is 42.7 Å². The maximum absolute atomic E-state index is 12.1. The number of benzene rings is 1. The second-order valence-electron chi connectivity index (χ2n) is 5.10. The molecule has 0 saturated carbocycles. The number of fused-ring (bicyclic) bond motifs is 1. The molecule has 0 fully saturated rings. The Hall–Kier alpha value is -3.33. The van der Waals surface area contributed by atoms with Crippen molar-refractivity contribution in [3.8, 4) is 17.6 Å². The van der Waals surface area contributed by atoms with Crippen molar-refractivity contribution in [3.63, 3.8) is 0 Å². The molecule has 24 heavy (non-hydrogen) atoms. The lowest BCUT2D eigenvalue weighted by atomic mass is 10.1. The maximum atomic E-state index is 12.1. The quantitative estimate of drug-likeness (QED) is 0.688. The molecule has 120 valence electrons. The largest absolute Gasteiger partial charge is 0.462 e. The summed E-state index contributed by atoms with van der Waals surface area (Å²) in [4.78, 5) is 12.1. The number of rotatable bonds is 4. The number of carbonyl (C=O) groups is 1. The molecule has 3 aromatic rings. The Morgan fingerprint density at radius 3 is 2.75 bits per heavy atom. The van der Waals surface area contributed by atoms with Gasteiger partial charge in [0, 0.05) is 6.20 Å². The first kappa shape index (κ1) is 15.6. The molecule has 2 heterocycles. The van der Waals surface area contributed by atoms with Gasteiger partial charge in [-0.15, -0.1) is 0 Å². The number of aryl methyl sites for hydroxylation is 1. The Morgan fingerprint density at radius 1 is 1.33 bits per heavy atom. The molecule has 0 unspecified atom stereocenters. The standard InChI is InChI=1S/C18H15N3O3/c1-3-23-18(22)15-11-21-16(12(15)2)17(13(9-19)10-20-21)24-14-7-5-4-6-8-14/h4-8,10-11H,3H2,1-2H3. The second kappa shape index (κ2) is 6.42. The average molecular weight is 321 g/mol. The molecule has 6 heteroatoms. The molecule has 3 rings (SSSR count). The molecule has 0 aliphatic carbocycles. The van der Waals surface area contributed by atoms with Gasteiger partial charge in [0.1, 0.15) is 22.9 Å². The molecular formula is C18H15N3O3. The van der Waals surface area contributed by atoms with Crippen LogP contribution >= 0.6 is 0 Å². The number of nitrogens with zero attached hydrogens (tertiary/aromatic N) is 3. The van der Waals surface area contributed by atoms with Crippen LogP contribution in [0.25, 0.3) is 5.52 Å². The lowest BCUT2D eigenvalue weighted by molar-refractivity contribution is 0.0525. The van der Waals surface area contributed by atoms with Crippen LogP contribution in [0.1, 0.15) is 28.4 Å². The normalized spacial score (nSPS) is 10.4. The lowest BCUT2D eigenvalue weighted by Crippen LogP contribution is -2.04. The van der Waals surface area contributed by atoms with Crippen molar-refractivity contribution in [2.24, 2.45) is 0 Å². The van der Waals surface area contributed by atoms with Gasteiger partial charge in [-0.05, 0) is 31.5 Å². The van der Waals surface area contributed by atoms with Gasteiger partial charge in [-0.3, -0.25) is 0 Å². The molecule has 0 aliphatic heterocycles. The van der Waals surface area contributed by atoms with Crippen LogP contribution in [0.5, 0.6) is 11.5 Å². The van der Waals surface area contributed by atoms with Crippen molar-refractivity contribution >= 4 is 11.5 Å². The highest BCUT2D eigenvalue weighted by Crippen LogP contribution is 2.33. The summed E-state index contributed by atoms with van der Waals surface area (Å²) in [5, 5.41) is 13.6. The van der Waals surface area contributed by atoms with Crippen LogP contribution in [0.2, 0.25) is 0 Å². The average Bonchev–Trinajstić information content (AvgIpc) is 2.94. The van der Waals surface area contributed by atoms with Gasteiger partial charge in [-0.25, -0.2) is 9.31 Å². The van der Waals surface area contributed by atoms with E-state index in [4.69, 9.17) is 9.47 Å². The number of aromatic nitrogens is 2. The minimum Gasteiger partial charge on any atom is -0.462 e. The highest BCUT2D eigenvalue weighted by molar-refractivity contribution is 5.94. The lowest BCUT2D eigenvalue weighted by Gasteiger charge is -2.09. The molecule has 0 aliphatic rings. The number of hydrogen-bond donors (Lipinski definition) is 0. The molecule has 6 nitrogen and oxygen atoms in total. The summed E-state index contributed by atoms with van der Waals surface area (Å²) in [6.07, 6.45) is 3.00. The van der Waals surface area contributed by atoms with Gasteiger partial charge in [0.25, 0.3) is 0 Å². The Balaban J connectivity index is 2.18. The van der Waals surface area contributed by atoms with Crippen molar-refractivity contribution in [1.29, 1.82) is 5.26 Å². The summed E-state index contributed by atoms with van der Waals surface area (Å²) in [5.74, 6) is 0.539. The number of hydrogen-bond acceptors (Lipinski definition) is 5. The van der Waals surface area contributed by atoms with Gasteiger partial charge >= 0.3 is 5.97 Å². The number of ether oxygens (including phenoxy) is 2. The van der Waals surface area contributed by atoms with E-state index in [1.54, 1.807) is 32.2 Å². The first-order valence-corrected chi connectivity index (χ1v) is 7.46. The second-order valence-corrected chi connectivity index (χ2v) is 5.10. The van der Waals surface area contributed by atoms with E-state index in [0.717, 1.165) is 0 Å². The minimum atomic E-state index is -0.426. The Bertz CT molecular complexity index is 940. The van der Waals surface area contributed by atoms with Crippen LogP contribution in [0.3, 0.4) is 0 Å². The van der Waals surface area contributed by atoms with Crippen molar-refractivity contribution < 1.29 is 14.3 Å². The third-order valence-corrected chi connectivity index (χ3v) is 3.59. The van der Waals surface area contributed by atoms with E-state index < -0.39 is 5.97 Å². The third kappa shape index (κ3) is 2.68. The van der Waals surface area contributed by atoms with Crippen molar-refractivity contribution in [1.82, 2.24) is 9.61 Å². The first-order valence-electron chi connectivity index (χ1n) is 7.46. The van der Waals surface area contributed by atoms with Gasteiger partial charge in [0.2, 0.25) is 0 Å². The van der Waals surface area contributed by atoms with Crippen LogP contribution in [-0.4, -0.2) is 22.2 Å². The Morgan fingerprint density at radius 2 is 2.08 bits per heavy atom. The summed E-state index contributed by atoms with van der Waals surface area (Å²) in [5.41, 5.74) is 1.92. The highest BCUT2D eigenvalue weighted by atomic mass is 16.5. The fourth-order valence-electron chi connectivity index (χ4n) is 2.46. The van der Waals surface area contributed by atoms with Crippen LogP contribution < -0.4 is 4.74 Å². The topological polar surface area (TPSA) is 76.6 Å². The van der Waals surface area contributed by atoms with Crippen molar-refractivity contribution in [2.75, 3.05) is 6.61 Å². The molecule has 1 aromatic carbocycles. The summed E-state index contributed by atoms with van der Waals surface area (Å²) in [6.45, 7) is 3.82. The van der Waals surface area contributed by atoms with E-state index in [0.29, 0.717) is 33.7 Å². The van der Waals surface area contributed by atoms with Gasteiger partial charge in [-0.2, -0.15) is 10.4 Å². The molecule has 2 aromatic heterocycles. The fraction of sp³-hybridized carbons (Fsp3) is 0.167. The monoisotopic (exact) mass is 321 g/mol. The van der Waals surface area contributed by atoms with Gasteiger partial charge in [0.05, 0.1) is 18.4 Å². The molecule has 0 N–H and O–H groups in total. The van der Waals surface area contributed by atoms with E-state index in [1.807, 2.05) is 18.2 Å². The smallest absolute Gasteiger partial charge is 0.340 e. The molecule has 0 spiro atoms. The third-order valence-electron chi connectivity index (χ3n) is 3.59. The number of nitriles is 1. The van der Waals surface area contributed by atoms with E-state index >= 15 is 0 Å². The van der Waals surface area contributed by atoms with Crippen molar-refractivity contribution in [2.45, 2.75) is 13.8 Å². The Kier molecular flexibility index (Phi) is 4.17. The number of carbonyl (C=O) groups excluding carboxylic acids is 1. The van der Waals surface area contributed by atoms with E-state index in [1.165, 1.54) is 10.7 Å². The molecular weight excluding hydrogens is 306 g/mol. The SMILES string of the molecule is CCOC(=O)c1cn2ncc(C#N)c(Oc3ccccc3)c2c1C. The highest BCUT2D eigenvalue weighted by Gasteiger charge is 2.21. The number of para-hydroxylation sites is 1. The molecule has 0 atom stereocenters. The zero-order chi connectivity index (χ0) is 17.1. The van der Waals surface area contributed by atoms with Crippen molar-refractivity contribution in [3.05, 3.63) is 59.4 Å². The number of esters is 1. The summed E-state index contributed by atoms with van der Waals surface area (Å²) in [6, 6.07) is 11.2. The minimum absolute atomic E-state index is 0.286. The summed E-state index contributed by atoms with van der Waals surface area (Å²) < 4.78 is 12.5. The zero-order valence-electron chi connectivity index (χ0n) is 13.3. The summed E-state index contributed by atoms with van der Waals surface area (Å²) >= 11 is 0. The Labute approximate surface area is 138 Å². The van der Waals surface area contributed by atoms with E-state index in [2.05, 4.69) is 11.2 Å². The van der Waals surface area contributed by atoms with Crippen LogP contribution in [0.4, 0.5) is 0 Å². The molecule has 0 saturated heterocycles. The van der Waals surface area contributed by atoms with E-state index in [-0.39, 0.29) is 6.61 Å². The van der Waals surface area contributed by atoms with Gasteiger partial charge in [-0.1, -0.05) is 18.2 Å². The first-order chi connectivity index (χ1) is 11.7. The molecule has 0 amide bonds. The molecule has 0 bridgehead atoms. The molecule has 0 radical (unpaired) electrons. The predicted octanol–water partition coefficient (Wildman–Crippen LogP) is 3.48. The van der Waals surface area contributed by atoms with Crippen LogP contribution in [-0.2, 0) is 4.74 Å². The predicted molar refractivity (Wildman–Crippen MR) is 87.1 cm³/mol.